The number of hydrogen-bond acceptors (Lipinski definition) is 3. The number of rotatable bonds is 5. The van der Waals surface area contributed by atoms with Gasteiger partial charge < -0.3 is 15.6 Å². The Morgan fingerprint density at radius 2 is 1.60 bits per heavy atom. The zero-order valence-electron chi connectivity index (χ0n) is 12.0. The fourth-order valence-corrected chi connectivity index (χ4v) is 2.22. The molecule has 0 saturated carbocycles. The van der Waals surface area contributed by atoms with Gasteiger partial charge in [-0.2, -0.15) is 0 Å². The summed E-state index contributed by atoms with van der Waals surface area (Å²) in [6.07, 6.45) is 0. The Balaban J connectivity index is 2.20. The van der Waals surface area contributed by atoms with Crippen LogP contribution in [0.15, 0.2) is 48.5 Å². The molecule has 0 radical (unpaired) electrons. The van der Waals surface area contributed by atoms with E-state index in [0.29, 0.717) is 0 Å². The zero-order valence-corrected chi connectivity index (χ0v) is 12.0. The van der Waals surface area contributed by atoms with E-state index in [1.165, 1.54) is 0 Å². The van der Waals surface area contributed by atoms with Gasteiger partial charge in [0.2, 0.25) is 0 Å². The Labute approximate surface area is 120 Å². The van der Waals surface area contributed by atoms with Crippen molar-refractivity contribution in [3.63, 3.8) is 0 Å². The summed E-state index contributed by atoms with van der Waals surface area (Å²) in [5.41, 5.74) is 8.40. The van der Waals surface area contributed by atoms with Crippen LogP contribution < -0.4 is 10.5 Å². The summed E-state index contributed by atoms with van der Waals surface area (Å²) < 4.78 is 5.89. The monoisotopic (exact) mass is 271 g/mol. The summed E-state index contributed by atoms with van der Waals surface area (Å²) in [7, 11) is 0. The van der Waals surface area contributed by atoms with Crippen molar-refractivity contribution < 1.29 is 9.84 Å². The van der Waals surface area contributed by atoms with Crippen LogP contribution >= 0.6 is 0 Å². The molecule has 1 atom stereocenters. The molecule has 2 rings (SSSR count). The zero-order chi connectivity index (χ0) is 14.6. The summed E-state index contributed by atoms with van der Waals surface area (Å²) in [6.45, 7) is 4.07. The smallest absolute Gasteiger partial charge is 0.125 e. The van der Waals surface area contributed by atoms with Crippen LogP contribution in [0.25, 0.3) is 0 Å². The van der Waals surface area contributed by atoms with Gasteiger partial charge >= 0.3 is 0 Å². The molecule has 0 aliphatic heterocycles. The molecule has 3 heteroatoms. The maximum atomic E-state index is 9.65. The maximum Gasteiger partial charge on any atom is 0.125 e. The molecule has 0 aliphatic carbocycles. The summed E-state index contributed by atoms with van der Waals surface area (Å²) in [5.74, 6) is 0.840. The average Bonchev–Trinajstić information content (AvgIpc) is 2.47. The first-order valence-corrected chi connectivity index (χ1v) is 6.71. The number of benzene rings is 2. The van der Waals surface area contributed by atoms with E-state index in [1.807, 2.05) is 62.4 Å². The predicted octanol–water partition coefficient (Wildman–Crippen LogP) is 2.53. The van der Waals surface area contributed by atoms with Crippen molar-refractivity contribution in [2.75, 3.05) is 13.2 Å². The van der Waals surface area contributed by atoms with Crippen LogP contribution in [0, 0.1) is 13.8 Å². The van der Waals surface area contributed by atoms with Crippen molar-refractivity contribution in [2.45, 2.75) is 19.4 Å². The van der Waals surface area contributed by atoms with Gasteiger partial charge in [0.05, 0.1) is 12.1 Å². The minimum atomic E-state index is -0.893. The predicted molar refractivity (Wildman–Crippen MR) is 80.8 cm³/mol. The van der Waals surface area contributed by atoms with Gasteiger partial charge in [0.15, 0.2) is 0 Å². The summed E-state index contributed by atoms with van der Waals surface area (Å²) in [6, 6.07) is 15.6. The molecular weight excluding hydrogens is 250 g/mol. The van der Waals surface area contributed by atoms with Crippen LogP contribution in [0.4, 0.5) is 0 Å². The number of aliphatic hydroxyl groups is 1. The first-order chi connectivity index (χ1) is 9.57. The molecule has 2 aromatic rings. The van der Waals surface area contributed by atoms with E-state index in [4.69, 9.17) is 10.5 Å². The fraction of sp³-hybridized carbons (Fsp3) is 0.294. The molecule has 0 fully saturated rings. The molecule has 2 aromatic carbocycles. The molecule has 3 N–H and O–H groups in total. The molecule has 20 heavy (non-hydrogen) atoms. The number of ether oxygens (including phenoxy) is 1. The third-order valence-corrected chi connectivity index (χ3v) is 3.51. The highest BCUT2D eigenvalue weighted by atomic mass is 16.5. The summed E-state index contributed by atoms with van der Waals surface area (Å²) in [5, 5.41) is 9.65. The van der Waals surface area contributed by atoms with Gasteiger partial charge in [0, 0.05) is 0 Å². The highest BCUT2D eigenvalue weighted by Gasteiger charge is 2.28. The van der Waals surface area contributed by atoms with E-state index in [0.717, 1.165) is 22.4 Å². The first-order valence-electron chi connectivity index (χ1n) is 6.71. The molecule has 0 aromatic heterocycles. The molecule has 0 amide bonds. The van der Waals surface area contributed by atoms with Crippen LogP contribution in [0.2, 0.25) is 0 Å². The van der Waals surface area contributed by atoms with Crippen LogP contribution in [-0.2, 0) is 5.54 Å². The number of aryl methyl sites for hydroxylation is 2. The molecule has 0 heterocycles. The van der Waals surface area contributed by atoms with E-state index in [9.17, 15) is 5.11 Å². The second kappa shape index (κ2) is 6.07. The number of para-hydroxylation sites is 1. The highest BCUT2D eigenvalue weighted by Crippen LogP contribution is 2.25. The SMILES string of the molecule is Cc1cccc(C)c1OCC(N)(CO)c1ccccc1. The fourth-order valence-electron chi connectivity index (χ4n) is 2.22. The Hall–Kier alpha value is -1.84. The standard InChI is InChI=1S/C17H21NO2/c1-13-7-6-8-14(2)16(13)20-12-17(18,11-19)15-9-4-3-5-10-15/h3-10,19H,11-12,18H2,1-2H3. The molecule has 0 aliphatic rings. The third kappa shape index (κ3) is 3.00. The number of nitrogens with two attached hydrogens (primary N) is 1. The minimum absolute atomic E-state index is 0.165. The molecular formula is C17H21NO2. The lowest BCUT2D eigenvalue weighted by molar-refractivity contribution is 0.132. The van der Waals surface area contributed by atoms with Crippen molar-refractivity contribution in [1.82, 2.24) is 0 Å². The summed E-state index contributed by atoms with van der Waals surface area (Å²) in [4.78, 5) is 0. The maximum absolute atomic E-state index is 9.65. The van der Waals surface area contributed by atoms with Gasteiger partial charge in [0.1, 0.15) is 12.4 Å². The van der Waals surface area contributed by atoms with Gasteiger partial charge in [-0.05, 0) is 30.5 Å². The Kier molecular flexibility index (Phi) is 4.42. The quantitative estimate of drug-likeness (QED) is 0.878. The van der Waals surface area contributed by atoms with Gasteiger partial charge in [-0.25, -0.2) is 0 Å². The molecule has 0 spiro atoms. The Morgan fingerprint density at radius 3 is 2.15 bits per heavy atom. The second-order valence-corrected chi connectivity index (χ2v) is 5.19. The number of aliphatic hydroxyl groups excluding tert-OH is 1. The molecule has 1 unspecified atom stereocenters. The van der Waals surface area contributed by atoms with E-state index in [1.54, 1.807) is 0 Å². The molecule has 0 bridgehead atoms. The van der Waals surface area contributed by atoms with Crippen molar-refractivity contribution in [1.29, 1.82) is 0 Å². The van der Waals surface area contributed by atoms with Gasteiger partial charge in [-0.1, -0.05) is 48.5 Å². The Morgan fingerprint density at radius 1 is 1.00 bits per heavy atom. The van der Waals surface area contributed by atoms with Crippen molar-refractivity contribution in [3.8, 4) is 5.75 Å². The topological polar surface area (TPSA) is 55.5 Å². The lowest BCUT2D eigenvalue weighted by Gasteiger charge is -2.28. The van der Waals surface area contributed by atoms with Crippen molar-refractivity contribution in [3.05, 3.63) is 65.2 Å². The van der Waals surface area contributed by atoms with E-state index >= 15 is 0 Å². The van der Waals surface area contributed by atoms with E-state index in [-0.39, 0.29) is 13.2 Å². The average molecular weight is 271 g/mol. The van der Waals surface area contributed by atoms with E-state index < -0.39 is 5.54 Å². The van der Waals surface area contributed by atoms with Crippen LogP contribution in [0.3, 0.4) is 0 Å². The Bertz CT molecular complexity index is 548. The number of hydrogen-bond donors (Lipinski definition) is 2. The lowest BCUT2D eigenvalue weighted by Crippen LogP contribution is -2.46. The van der Waals surface area contributed by atoms with Crippen LogP contribution in [0.1, 0.15) is 16.7 Å². The molecule has 0 saturated heterocycles. The van der Waals surface area contributed by atoms with Gasteiger partial charge in [-0.15, -0.1) is 0 Å². The molecule has 106 valence electrons. The van der Waals surface area contributed by atoms with Gasteiger partial charge in [0.25, 0.3) is 0 Å². The van der Waals surface area contributed by atoms with Crippen LogP contribution in [0.5, 0.6) is 5.75 Å². The lowest BCUT2D eigenvalue weighted by atomic mass is 9.93. The van der Waals surface area contributed by atoms with Crippen molar-refractivity contribution >= 4 is 0 Å². The normalized spacial score (nSPS) is 13.8. The molecule has 3 nitrogen and oxygen atoms in total. The minimum Gasteiger partial charge on any atom is -0.491 e. The van der Waals surface area contributed by atoms with Crippen molar-refractivity contribution in [2.24, 2.45) is 5.73 Å². The third-order valence-electron chi connectivity index (χ3n) is 3.51. The highest BCUT2D eigenvalue weighted by molar-refractivity contribution is 5.40. The van der Waals surface area contributed by atoms with Gasteiger partial charge in [-0.3, -0.25) is 0 Å². The largest absolute Gasteiger partial charge is 0.491 e. The first kappa shape index (κ1) is 14.6. The van der Waals surface area contributed by atoms with E-state index in [2.05, 4.69) is 0 Å². The second-order valence-electron chi connectivity index (χ2n) is 5.19. The van der Waals surface area contributed by atoms with Crippen LogP contribution in [-0.4, -0.2) is 18.3 Å². The summed E-state index contributed by atoms with van der Waals surface area (Å²) >= 11 is 0.